The molecule has 0 aromatic heterocycles. The zero-order valence-corrected chi connectivity index (χ0v) is 12.8. The Kier molecular flexibility index (Phi) is 5.57. The molecule has 1 amide bonds. The number of halogens is 1. The van der Waals surface area contributed by atoms with Gasteiger partial charge in [0, 0.05) is 10.6 Å². The van der Waals surface area contributed by atoms with Crippen molar-refractivity contribution in [3.63, 3.8) is 0 Å². The normalized spacial score (nSPS) is 11.2. The van der Waals surface area contributed by atoms with E-state index >= 15 is 0 Å². The van der Waals surface area contributed by atoms with Gasteiger partial charge in [-0.25, -0.2) is 0 Å². The van der Waals surface area contributed by atoms with Crippen molar-refractivity contribution in [2.75, 3.05) is 0 Å². The first-order valence-corrected chi connectivity index (χ1v) is 7.02. The third kappa shape index (κ3) is 3.97. The van der Waals surface area contributed by atoms with Gasteiger partial charge in [-0.05, 0) is 37.5 Å². The number of carboxylic acids is 1. The lowest BCUT2D eigenvalue weighted by Crippen LogP contribution is -2.49. The number of aliphatic carboxylic acids is 1. The van der Waals surface area contributed by atoms with Gasteiger partial charge in [0.15, 0.2) is 0 Å². The molecule has 1 rings (SSSR count). The van der Waals surface area contributed by atoms with Gasteiger partial charge in [0.05, 0.1) is 12.0 Å². The number of carboxylic acid groups (broad SMARTS) is 1. The molecule has 0 saturated carbocycles. The highest BCUT2D eigenvalue weighted by Gasteiger charge is 2.31. The molecule has 0 bridgehead atoms. The maximum absolute atomic E-state index is 12.3. The van der Waals surface area contributed by atoms with E-state index in [2.05, 4.69) is 5.32 Å². The Morgan fingerprint density at radius 1 is 1.30 bits per heavy atom. The smallest absolute Gasteiger partial charge is 0.305 e. The van der Waals surface area contributed by atoms with E-state index in [0.717, 1.165) is 5.56 Å². The number of carbonyl (C=O) groups is 2. The Balaban J connectivity index is 2.95. The molecule has 0 fully saturated rings. The van der Waals surface area contributed by atoms with Gasteiger partial charge < -0.3 is 10.4 Å². The second kappa shape index (κ2) is 6.75. The van der Waals surface area contributed by atoms with Crippen molar-refractivity contribution in [1.29, 1.82) is 0 Å². The van der Waals surface area contributed by atoms with Crippen LogP contribution in [-0.2, 0) is 4.79 Å². The summed E-state index contributed by atoms with van der Waals surface area (Å²) in [6.45, 7) is 5.60. The van der Waals surface area contributed by atoms with Crippen molar-refractivity contribution in [3.05, 3.63) is 34.3 Å². The molecule has 0 spiro atoms. The summed E-state index contributed by atoms with van der Waals surface area (Å²) in [6.07, 6.45) is 1.02. The molecule has 1 aromatic carbocycles. The van der Waals surface area contributed by atoms with Gasteiger partial charge in [-0.2, -0.15) is 0 Å². The highest BCUT2D eigenvalue weighted by molar-refractivity contribution is 6.31. The average Bonchev–Trinajstić information content (AvgIpc) is 2.40. The maximum Gasteiger partial charge on any atom is 0.305 e. The fraction of sp³-hybridized carbons (Fsp3) is 0.467. The maximum atomic E-state index is 12.3. The Morgan fingerprint density at radius 3 is 2.35 bits per heavy atom. The van der Waals surface area contributed by atoms with Crippen molar-refractivity contribution in [2.45, 2.75) is 45.6 Å². The van der Waals surface area contributed by atoms with E-state index in [0.29, 0.717) is 23.4 Å². The molecule has 0 heterocycles. The average molecular weight is 298 g/mol. The van der Waals surface area contributed by atoms with Crippen LogP contribution < -0.4 is 5.32 Å². The largest absolute Gasteiger partial charge is 0.481 e. The summed E-state index contributed by atoms with van der Waals surface area (Å²) in [7, 11) is 0. The number of benzene rings is 1. The van der Waals surface area contributed by atoms with Crippen LogP contribution in [0.5, 0.6) is 0 Å². The van der Waals surface area contributed by atoms with Crippen molar-refractivity contribution in [2.24, 2.45) is 0 Å². The molecule has 0 unspecified atom stereocenters. The molecule has 0 radical (unpaired) electrons. The molecule has 0 aliphatic heterocycles. The van der Waals surface area contributed by atoms with Gasteiger partial charge >= 0.3 is 5.97 Å². The molecule has 0 aliphatic rings. The van der Waals surface area contributed by atoms with Gasteiger partial charge in [0.1, 0.15) is 0 Å². The van der Waals surface area contributed by atoms with Gasteiger partial charge in [0.2, 0.25) is 0 Å². The van der Waals surface area contributed by atoms with E-state index in [-0.39, 0.29) is 12.3 Å². The lowest BCUT2D eigenvalue weighted by atomic mass is 9.88. The first-order chi connectivity index (χ1) is 9.33. The number of hydrogen-bond donors (Lipinski definition) is 2. The zero-order chi connectivity index (χ0) is 15.3. The van der Waals surface area contributed by atoms with E-state index in [9.17, 15) is 9.59 Å². The first-order valence-electron chi connectivity index (χ1n) is 6.64. The molecule has 4 nitrogen and oxygen atoms in total. The van der Waals surface area contributed by atoms with Crippen LogP contribution in [-0.4, -0.2) is 22.5 Å². The second-order valence-electron chi connectivity index (χ2n) is 4.98. The van der Waals surface area contributed by atoms with Gasteiger partial charge in [0.25, 0.3) is 5.91 Å². The Hall–Kier alpha value is -1.55. The molecule has 0 aliphatic carbocycles. The van der Waals surface area contributed by atoms with E-state index in [1.165, 1.54) is 0 Å². The highest BCUT2D eigenvalue weighted by atomic mass is 35.5. The Labute approximate surface area is 124 Å². The van der Waals surface area contributed by atoms with Crippen LogP contribution in [0.2, 0.25) is 5.02 Å². The summed E-state index contributed by atoms with van der Waals surface area (Å²) >= 11 is 6.01. The number of carbonyl (C=O) groups excluding carboxylic acids is 1. The minimum absolute atomic E-state index is 0.0919. The summed E-state index contributed by atoms with van der Waals surface area (Å²) in [6, 6.07) is 5.06. The summed E-state index contributed by atoms with van der Waals surface area (Å²) in [5.74, 6) is -1.22. The van der Waals surface area contributed by atoms with Crippen LogP contribution in [0.25, 0.3) is 0 Å². The molecule has 0 atom stereocenters. The van der Waals surface area contributed by atoms with Gasteiger partial charge in [-0.15, -0.1) is 0 Å². The molecule has 20 heavy (non-hydrogen) atoms. The predicted octanol–water partition coefficient (Wildman–Crippen LogP) is 3.41. The minimum Gasteiger partial charge on any atom is -0.481 e. The quantitative estimate of drug-likeness (QED) is 0.845. The Morgan fingerprint density at radius 2 is 1.90 bits per heavy atom. The summed E-state index contributed by atoms with van der Waals surface area (Å²) in [5, 5.41) is 12.4. The standard InChI is InChI=1S/C15H20ClNO3/c1-4-15(5-2,9-13(18)19)17-14(20)11-7-6-10(3)12(16)8-11/h6-8H,4-5,9H2,1-3H3,(H,17,20)(H,18,19). The van der Waals surface area contributed by atoms with Crippen LogP contribution in [0.3, 0.4) is 0 Å². The topological polar surface area (TPSA) is 66.4 Å². The van der Waals surface area contributed by atoms with E-state index in [4.69, 9.17) is 16.7 Å². The lowest BCUT2D eigenvalue weighted by Gasteiger charge is -2.31. The van der Waals surface area contributed by atoms with E-state index in [1.807, 2.05) is 20.8 Å². The monoisotopic (exact) mass is 297 g/mol. The number of rotatable bonds is 6. The first kappa shape index (κ1) is 16.5. The van der Waals surface area contributed by atoms with E-state index < -0.39 is 11.5 Å². The molecule has 0 saturated heterocycles. The second-order valence-corrected chi connectivity index (χ2v) is 5.38. The van der Waals surface area contributed by atoms with Crippen LogP contribution >= 0.6 is 11.6 Å². The molecule has 5 heteroatoms. The van der Waals surface area contributed by atoms with Crippen molar-refractivity contribution in [3.8, 4) is 0 Å². The van der Waals surface area contributed by atoms with Crippen molar-refractivity contribution in [1.82, 2.24) is 5.32 Å². The number of nitrogens with one attached hydrogen (secondary N) is 1. The number of aryl methyl sites for hydroxylation is 1. The minimum atomic E-state index is -0.920. The third-order valence-corrected chi connectivity index (χ3v) is 4.06. The lowest BCUT2D eigenvalue weighted by molar-refractivity contribution is -0.138. The summed E-state index contributed by atoms with van der Waals surface area (Å²) in [5.41, 5.74) is 0.614. The number of hydrogen-bond acceptors (Lipinski definition) is 2. The van der Waals surface area contributed by atoms with Crippen molar-refractivity contribution < 1.29 is 14.7 Å². The van der Waals surface area contributed by atoms with Crippen LogP contribution in [0, 0.1) is 6.92 Å². The molecule has 110 valence electrons. The highest BCUT2D eigenvalue weighted by Crippen LogP contribution is 2.22. The zero-order valence-electron chi connectivity index (χ0n) is 12.0. The van der Waals surface area contributed by atoms with Gasteiger partial charge in [-0.3, -0.25) is 9.59 Å². The molecular formula is C15H20ClNO3. The molecular weight excluding hydrogens is 278 g/mol. The Bertz CT molecular complexity index is 510. The van der Waals surface area contributed by atoms with E-state index in [1.54, 1.807) is 18.2 Å². The van der Waals surface area contributed by atoms with Crippen LogP contribution in [0.4, 0.5) is 0 Å². The van der Waals surface area contributed by atoms with Crippen LogP contribution in [0.15, 0.2) is 18.2 Å². The molecule has 1 aromatic rings. The SMILES string of the molecule is CCC(CC)(CC(=O)O)NC(=O)c1ccc(C)c(Cl)c1. The fourth-order valence-corrected chi connectivity index (χ4v) is 2.24. The van der Waals surface area contributed by atoms with Gasteiger partial charge in [-0.1, -0.05) is 31.5 Å². The molecule has 2 N–H and O–H groups in total. The fourth-order valence-electron chi connectivity index (χ4n) is 2.06. The third-order valence-electron chi connectivity index (χ3n) is 3.66. The predicted molar refractivity (Wildman–Crippen MR) is 79.2 cm³/mol. The summed E-state index contributed by atoms with van der Waals surface area (Å²) in [4.78, 5) is 23.2. The van der Waals surface area contributed by atoms with Crippen LogP contribution in [0.1, 0.15) is 49.0 Å². The number of amides is 1. The van der Waals surface area contributed by atoms with Crippen molar-refractivity contribution >= 4 is 23.5 Å². The summed E-state index contributed by atoms with van der Waals surface area (Å²) < 4.78 is 0.